The van der Waals surface area contributed by atoms with Crippen molar-refractivity contribution in [1.82, 2.24) is 5.32 Å². The molecule has 0 saturated heterocycles. The summed E-state index contributed by atoms with van der Waals surface area (Å²) in [5, 5.41) is 2.57. The summed E-state index contributed by atoms with van der Waals surface area (Å²) in [4.78, 5) is 12.4. The lowest BCUT2D eigenvalue weighted by Gasteiger charge is -2.23. The van der Waals surface area contributed by atoms with E-state index >= 15 is 0 Å². The lowest BCUT2D eigenvalue weighted by atomic mass is 10.2. The van der Waals surface area contributed by atoms with Crippen LogP contribution >= 0.6 is 0 Å². The van der Waals surface area contributed by atoms with Crippen molar-refractivity contribution in [2.75, 3.05) is 30.3 Å². The Hall–Kier alpha value is -2.95. The summed E-state index contributed by atoms with van der Waals surface area (Å²) in [5.41, 5.74) is -0.589. The average Bonchev–Trinajstić information content (AvgIpc) is 2.71. The molecular formula is C21H25F3N2O5S. The molecule has 0 unspecified atom stereocenters. The summed E-state index contributed by atoms with van der Waals surface area (Å²) in [6.45, 7) is 3.91. The van der Waals surface area contributed by atoms with Gasteiger partial charge in [0.2, 0.25) is 15.9 Å². The van der Waals surface area contributed by atoms with Crippen molar-refractivity contribution < 1.29 is 35.9 Å². The number of hydrogen-bond donors (Lipinski definition) is 1. The van der Waals surface area contributed by atoms with Gasteiger partial charge in [0.25, 0.3) is 0 Å². The third kappa shape index (κ3) is 7.04. The number of nitrogens with one attached hydrogen (secondary N) is 1. The van der Waals surface area contributed by atoms with Crippen molar-refractivity contribution in [3.05, 3.63) is 53.6 Å². The zero-order chi connectivity index (χ0) is 23.9. The molecule has 0 saturated carbocycles. The summed E-state index contributed by atoms with van der Waals surface area (Å²) in [5.74, 6) is 0.375. The van der Waals surface area contributed by atoms with E-state index in [1.807, 2.05) is 13.8 Å². The first-order valence-electron chi connectivity index (χ1n) is 9.75. The van der Waals surface area contributed by atoms with E-state index in [0.717, 1.165) is 18.4 Å². The highest BCUT2D eigenvalue weighted by atomic mass is 32.2. The van der Waals surface area contributed by atoms with Gasteiger partial charge < -0.3 is 14.8 Å². The van der Waals surface area contributed by atoms with Gasteiger partial charge in [-0.05, 0) is 49.7 Å². The number of carbonyl (C=O) groups is 1. The quantitative estimate of drug-likeness (QED) is 0.569. The number of alkyl halides is 3. The standard InChI is InChI=1S/C21H25F3N2O5S/c1-4-30-18-10-9-15(11-19(18)31-5-2)13-25-20(27)14-26(32(3,28)29)17-8-6-7-16(12-17)21(22,23)24/h6-12H,4-5,13-14H2,1-3H3,(H,25,27). The van der Waals surface area contributed by atoms with Crippen LogP contribution < -0.4 is 19.1 Å². The SMILES string of the molecule is CCOc1ccc(CNC(=O)CN(c2cccc(C(F)(F)F)c2)S(C)(=O)=O)cc1OCC. The molecule has 0 fully saturated rings. The van der Waals surface area contributed by atoms with Gasteiger partial charge in [0.1, 0.15) is 6.54 Å². The molecule has 0 aromatic heterocycles. The van der Waals surface area contributed by atoms with Crippen LogP contribution in [0.4, 0.5) is 18.9 Å². The Morgan fingerprint density at radius 1 is 1.03 bits per heavy atom. The van der Waals surface area contributed by atoms with Crippen LogP contribution in [0.15, 0.2) is 42.5 Å². The highest BCUT2D eigenvalue weighted by Crippen LogP contribution is 2.32. The lowest BCUT2D eigenvalue weighted by molar-refractivity contribution is -0.137. The first-order valence-corrected chi connectivity index (χ1v) is 11.6. The van der Waals surface area contributed by atoms with Crippen LogP contribution in [0, 0.1) is 0 Å². The van der Waals surface area contributed by atoms with Crippen LogP contribution in [0.5, 0.6) is 11.5 Å². The van der Waals surface area contributed by atoms with Gasteiger partial charge in [0.15, 0.2) is 11.5 Å². The van der Waals surface area contributed by atoms with Crippen LogP contribution in [-0.2, 0) is 27.5 Å². The number of benzene rings is 2. The number of anilines is 1. The van der Waals surface area contributed by atoms with Crippen molar-refractivity contribution in [2.24, 2.45) is 0 Å². The molecule has 2 aromatic rings. The second kappa shape index (κ2) is 10.6. The van der Waals surface area contributed by atoms with Gasteiger partial charge in [-0.15, -0.1) is 0 Å². The lowest BCUT2D eigenvalue weighted by Crippen LogP contribution is -2.40. The zero-order valence-electron chi connectivity index (χ0n) is 17.9. The van der Waals surface area contributed by atoms with E-state index in [4.69, 9.17) is 9.47 Å². The van der Waals surface area contributed by atoms with E-state index in [1.165, 1.54) is 6.07 Å². The van der Waals surface area contributed by atoms with Gasteiger partial charge in [0, 0.05) is 6.54 Å². The summed E-state index contributed by atoms with van der Waals surface area (Å²) in [7, 11) is -4.02. The average molecular weight is 475 g/mol. The number of sulfonamides is 1. The molecule has 0 aliphatic heterocycles. The molecule has 0 heterocycles. The largest absolute Gasteiger partial charge is 0.490 e. The summed E-state index contributed by atoms with van der Waals surface area (Å²) >= 11 is 0. The van der Waals surface area contributed by atoms with Crippen molar-refractivity contribution >= 4 is 21.6 Å². The van der Waals surface area contributed by atoms with Gasteiger partial charge >= 0.3 is 6.18 Å². The number of carbonyl (C=O) groups excluding carboxylic acids is 1. The van der Waals surface area contributed by atoms with Crippen LogP contribution in [0.2, 0.25) is 0 Å². The number of nitrogens with zero attached hydrogens (tertiary/aromatic N) is 1. The molecule has 0 aliphatic carbocycles. The topological polar surface area (TPSA) is 84.9 Å². The Bertz CT molecular complexity index is 1040. The monoisotopic (exact) mass is 474 g/mol. The highest BCUT2D eigenvalue weighted by molar-refractivity contribution is 7.92. The van der Waals surface area contributed by atoms with E-state index in [2.05, 4.69) is 5.32 Å². The molecule has 2 aromatic carbocycles. The highest BCUT2D eigenvalue weighted by Gasteiger charge is 2.32. The van der Waals surface area contributed by atoms with Crippen LogP contribution in [0.3, 0.4) is 0 Å². The van der Waals surface area contributed by atoms with Crippen LogP contribution in [0.25, 0.3) is 0 Å². The molecule has 0 radical (unpaired) electrons. The van der Waals surface area contributed by atoms with E-state index in [1.54, 1.807) is 18.2 Å². The minimum atomic E-state index is -4.65. The molecule has 11 heteroatoms. The Balaban J connectivity index is 2.15. The summed E-state index contributed by atoms with van der Waals surface area (Å²) in [6, 6.07) is 8.90. The zero-order valence-corrected chi connectivity index (χ0v) is 18.7. The second-order valence-electron chi connectivity index (χ2n) is 6.74. The fraction of sp³-hybridized carbons (Fsp3) is 0.381. The number of amides is 1. The third-order valence-electron chi connectivity index (χ3n) is 4.25. The summed E-state index contributed by atoms with van der Waals surface area (Å²) in [6.07, 6.45) is -3.82. The van der Waals surface area contributed by atoms with Crippen molar-refractivity contribution in [1.29, 1.82) is 0 Å². The predicted octanol–water partition coefficient (Wildman–Crippen LogP) is 3.59. The van der Waals surface area contributed by atoms with Gasteiger partial charge in [-0.3, -0.25) is 9.10 Å². The Morgan fingerprint density at radius 2 is 1.69 bits per heavy atom. The molecule has 7 nitrogen and oxygen atoms in total. The molecule has 32 heavy (non-hydrogen) atoms. The van der Waals surface area contributed by atoms with Crippen molar-refractivity contribution in [2.45, 2.75) is 26.6 Å². The molecule has 1 N–H and O–H groups in total. The molecule has 0 atom stereocenters. The molecule has 2 rings (SSSR count). The summed E-state index contributed by atoms with van der Waals surface area (Å²) < 4.78 is 74.9. The molecule has 176 valence electrons. The first-order chi connectivity index (χ1) is 15.0. The van der Waals surface area contributed by atoms with Gasteiger partial charge in [-0.2, -0.15) is 13.2 Å². The maximum atomic E-state index is 13.0. The second-order valence-corrected chi connectivity index (χ2v) is 8.65. The van der Waals surface area contributed by atoms with Crippen molar-refractivity contribution in [3.8, 4) is 11.5 Å². The predicted molar refractivity (Wildman–Crippen MR) is 114 cm³/mol. The Morgan fingerprint density at radius 3 is 2.28 bits per heavy atom. The van der Waals surface area contributed by atoms with Crippen LogP contribution in [-0.4, -0.2) is 40.3 Å². The van der Waals surface area contributed by atoms with Gasteiger partial charge in [0.05, 0.1) is 30.7 Å². The number of ether oxygens (including phenoxy) is 2. The minimum Gasteiger partial charge on any atom is -0.490 e. The van der Waals surface area contributed by atoms with E-state index in [0.29, 0.717) is 40.6 Å². The van der Waals surface area contributed by atoms with Gasteiger partial charge in [-0.25, -0.2) is 8.42 Å². The molecule has 0 spiro atoms. The van der Waals surface area contributed by atoms with E-state index in [9.17, 15) is 26.4 Å². The Labute approximate surface area is 185 Å². The van der Waals surface area contributed by atoms with Crippen molar-refractivity contribution in [3.63, 3.8) is 0 Å². The van der Waals surface area contributed by atoms with Crippen LogP contribution in [0.1, 0.15) is 25.0 Å². The Kier molecular flexibility index (Phi) is 8.37. The molecule has 0 bridgehead atoms. The maximum absolute atomic E-state index is 13.0. The molecular weight excluding hydrogens is 449 g/mol. The number of rotatable bonds is 10. The molecule has 0 aliphatic rings. The van der Waals surface area contributed by atoms with E-state index < -0.39 is 34.2 Å². The first kappa shape index (κ1) is 25.3. The third-order valence-corrected chi connectivity index (χ3v) is 5.39. The number of halogens is 3. The maximum Gasteiger partial charge on any atom is 0.416 e. The molecule has 1 amide bonds. The smallest absolute Gasteiger partial charge is 0.416 e. The van der Waals surface area contributed by atoms with Gasteiger partial charge in [-0.1, -0.05) is 12.1 Å². The minimum absolute atomic E-state index is 0.0610. The number of hydrogen-bond acceptors (Lipinski definition) is 5. The normalized spacial score (nSPS) is 11.7. The van der Waals surface area contributed by atoms with E-state index in [-0.39, 0.29) is 12.2 Å². The fourth-order valence-electron chi connectivity index (χ4n) is 2.83. The fourth-order valence-corrected chi connectivity index (χ4v) is 3.68.